The van der Waals surface area contributed by atoms with Gasteiger partial charge in [-0.25, -0.2) is 23.1 Å². The fraction of sp³-hybridized carbons (Fsp3) is 0.419. The number of likely N-dealkylation sites (N-methyl/N-ethyl adjacent to an activating group) is 1. The van der Waals surface area contributed by atoms with E-state index in [0.29, 0.717) is 50.8 Å². The fourth-order valence-corrected chi connectivity index (χ4v) is 5.59. The maximum Gasteiger partial charge on any atom is 0.417 e. The molecule has 16 heteroatoms. The van der Waals surface area contributed by atoms with Gasteiger partial charge in [0.15, 0.2) is 5.82 Å². The Balaban J connectivity index is 0.00000160. The number of ether oxygens (including phenoxy) is 1. The number of morpholine rings is 1. The molecular weight excluding hydrogens is 634 g/mol. The molecule has 47 heavy (non-hydrogen) atoms. The van der Waals surface area contributed by atoms with Gasteiger partial charge in [-0.2, -0.15) is 13.2 Å². The molecule has 0 saturated carbocycles. The number of halogens is 6. The molecule has 0 unspecified atom stereocenters. The summed E-state index contributed by atoms with van der Waals surface area (Å²) in [7, 11) is 1.89. The molecule has 1 aromatic heterocycles. The van der Waals surface area contributed by atoms with Crippen molar-refractivity contribution in [2.75, 3.05) is 54.9 Å². The number of hydrogen-bond donors (Lipinski definition) is 2. The lowest BCUT2D eigenvalue weighted by Crippen LogP contribution is -2.50. The predicted molar refractivity (Wildman–Crippen MR) is 162 cm³/mol. The van der Waals surface area contributed by atoms with Crippen molar-refractivity contribution in [3.63, 3.8) is 0 Å². The highest BCUT2D eigenvalue weighted by atomic mass is 19.4. The second-order valence-electron chi connectivity index (χ2n) is 11.4. The third-order valence-corrected chi connectivity index (χ3v) is 7.90. The molecule has 3 aromatic rings. The molecule has 10 nitrogen and oxygen atoms in total. The molecule has 0 spiro atoms. The number of piperazine rings is 1. The van der Waals surface area contributed by atoms with Crippen molar-refractivity contribution in [1.82, 2.24) is 14.9 Å². The number of carbonyl (C=O) groups is 2. The van der Waals surface area contributed by atoms with E-state index in [1.807, 2.05) is 37.6 Å². The molecule has 0 aliphatic carbocycles. The van der Waals surface area contributed by atoms with Crippen LogP contribution in [0, 0.1) is 17.5 Å². The number of anilines is 3. The Hall–Kier alpha value is -4.44. The van der Waals surface area contributed by atoms with Gasteiger partial charge in [-0.15, -0.1) is 0 Å². The summed E-state index contributed by atoms with van der Waals surface area (Å²) >= 11 is 0. The highest BCUT2D eigenvalue weighted by Gasteiger charge is 2.37. The molecule has 2 aliphatic rings. The standard InChI is InChI=1S/C30H32F6N6O2.CH2O2/c1-16-13-41(8-7-40(16)4)24-10-23(32)25(19-11-37-29(38-12-19)42-14-17(2)44-18(3)15-42)26(33)27(24)39-28(43)21-6-5-20(31)9-22(21)30(34,35)36;2-1-3/h5-6,9-12,16-18H,7-8,13-15H2,1-4H3,(H,39,43);1H,(H,2,3)/t16-,17-,18-;/m0./s1. The van der Waals surface area contributed by atoms with E-state index in [-0.39, 0.29) is 42.0 Å². The summed E-state index contributed by atoms with van der Waals surface area (Å²) in [6, 6.07) is 2.58. The smallest absolute Gasteiger partial charge is 0.417 e. The zero-order valence-electron chi connectivity index (χ0n) is 26.0. The summed E-state index contributed by atoms with van der Waals surface area (Å²) in [4.78, 5) is 35.8. The van der Waals surface area contributed by atoms with Gasteiger partial charge >= 0.3 is 6.18 Å². The van der Waals surface area contributed by atoms with Crippen molar-refractivity contribution < 1.29 is 45.8 Å². The average Bonchev–Trinajstić information content (AvgIpc) is 2.99. The van der Waals surface area contributed by atoms with Crippen molar-refractivity contribution in [2.45, 2.75) is 45.2 Å². The number of aromatic nitrogens is 2. The first-order valence-electron chi connectivity index (χ1n) is 14.6. The van der Waals surface area contributed by atoms with Crippen LogP contribution in [0.2, 0.25) is 0 Å². The van der Waals surface area contributed by atoms with Gasteiger partial charge in [-0.1, -0.05) is 0 Å². The monoisotopic (exact) mass is 668 g/mol. The molecule has 5 rings (SSSR count). The van der Waals surface area contributed by atoms with Crippen LogP contribution in [0.5, 0.6) is 0 Å². The normalized spacial score (nSPS) is 20.3. The van der Waals surface area contributed by atoms with E-state index in [1.54, 1.807) is 4.90 Å². The van der Waals surface area contributed by atoms with Crippen molar-refractivity contribution in [3.8, 4) is 11.1 Å². The summed E-state index contributed by atoms with van der Waals surface area (Å²) in [5.41, 5.74) is -3.59. The number of carboxylic acid groups (broad SMARTS) is 1. The lowest BCUT2D eigenvalue weighted by molar-refractivity contribution is -0.138. The quantitative estimate of drug-likeness (QED) is 0.277. The Morgan fingerprint density at radius 3 is 2.19 bits per heavy atom. The van der Waals surface area contributed by atoms with E-state index < -0.39 is 51.9 Å². The Kier molecular flexibility index (Phi) is 11.0. The number of benzene rings is 2. The van der Waals surface area contributed by atoms with E-state index in [1.165, 1.54) is 12.4 Å². The number of rotatable bonds is 5. The maximum absolute atomic E-state index is 16.4. The lowest BCUT2D eigenvalue weighted by Gasteiger charge is -2.39. The van der Waals surface area contributed by atoms with Crippen LogP contribution in [0.3, 0.4) is 0 Å². The van der Waals surface area contributed by atoms with Crippen LogP contribution in [-0.2, 0) is 15.7 Å². The SMILES string of the molecule is C[C@H]1CN(c2ncc(-c3c(F)cc(N4CCN(C)[C@@H](C)C4)c(NC(=O)c4ccc(F)cc4C(F)(F)F)c3F)cn2)C[C@H](C)O1.O=CO. The first kappa shape index (κ1) is 35.4. The van der Waals surface area contributed by atoms with Crippen LogP contribution >= 0.6 is 0 Å². The first-order valence-corrected chi connectivity index (χ1v) is 14.6. The highest BCUT2D eigenvalue weighted by Crippen LogP contribution is 2.40. The van der Waals surface area contributed by atoms with Crippen molar-refractivity contribution in [3.05, 3.63) is 65.2 Å². The fourth-order valence-electron chi connectivity index (χ4n) is 5.59. The van der Waals surface area contributed by atoms with Gasteiger partial charge in [0.05, 0.1) is 34.6 Å². The maximum atomic E-state index is 16.4. The molecule has 1 amide bonds. The van der Waals surface area contributed by atoms with Gasteiger partial charge in [0.2, 0.25) is 5.95 Å². The third kappa shape index (κ3) is 8.11. The van der Waals surface area contributed by atoms with Crippen LogP contribution in [-0.4, -0.2) is 90.4 Å². The van der Waals surface area contributed by atoms with E-state index in [0.717, 1.165) is 6.07 Å². The van der Waals surface area contributed by atoms with Gasteiger partial charge in [0.1, 0.15) is 17.3 Å². The number of alkyl halides is 3. The molecule has 254 valence electrons. The molecule has 0 radical (unpaired) electrons. The molecule has 0 bridgehead atoms. The second-order valence-corrected chi connectivity index (χ2v) is 11.4. The minimum atomic E-state index is -5.06. The summed E-state index contributed by atoms with van der Waals surface area (Å²) in [6.45, 7) is 7.71. The average molecular weight is 669 g/mol. The van der Waals surface area contributed by atoms with Gasteiger partial charge in [0.25, 0.3) is 12.4 Å². The molecular formula is C31H34F6N6O4. The first-order chi connectivity index (χ1) is 22.1. The molecule has 2 saturated heterocycles. The van der Waals surface area contributed by atoms with Gasteiger partial charge in [-0.05, 0) is 46.0 Å². The van der Waals surface area contributed by atoms with Crippen LogP contribution < -0.4 is 15.1 Å². The minimum absolute atomic E-state index is 0.0291. The van der Waals surface area contributed by atoms with Crippen molar-refractivity contribution in [2.24, 2.45) is 0 Å². The Labute approximate surface area is 267 Å². The lowest BCUT2D eigenvalue weighted by atomic mass is 10.0. The zero-order chi connectivity index (χ0) is 34.6. The van der Waals surface area contributed by atoms with Crippen LogP contribution in [0.1, 0.15) is 36.7 Å². The van der Waals surface area contributed by atoms with Gasteiger partial charge in [0, 0.05) is 62.8 Å². The molecule has 2 aromatic carbocycles. The Morgan fingerprint density at radius 2 is 1.62 bits per heavy atom. The van der Waals surface area contributed by atoms with E-state index in [4.69, 9.17) is 14.6 Å². The second kappa shape index (κ2) is 14.5. The summed E-state index contributed by atoms with van der Waals surface area (Å²) in [5.74, 6) is -4.37. The Bertz CT molecular complexity index is 1580. The van der Waals surface area contributed by atoms with E-state index in [9.17, 15) is 22.4 Å². The van der Waals surface area contributed by atoms with Gasteiger partial charge in [-0.3, -0.25) is 9.59 Å². The summed E-state index contributed by atoms with van der Waals surface area (Å²) in [5, 5.41) is 9.13. The predicted octanol–water partition coefficient (Wildman–Crippen LogP) is 5.29. The number of amides is 1. The molecule has 3 atom stereocenters. The zero-order valence-corrected chi connectivity index (χ0v) is 26.0. The van der Waals surface area contributed by atoms with Crippen molar-refractivity contribution >= 4 is 29.7 Å². The summed E-state index contributed by atoms with van der Waals surface area (Å²) in [6.07, 6.45) is -2.72. The minimum Gasteiger partial charge on any atom is -0.483 e. The number of hydrogen-bond acceptors (Lipinski definition) is 8. The summed E-state index contributed by atoms with van der Waals surface area (Å²) < 4.78 is 92.6. The van der Waals surface area contributed by atoms with Crippen LogP contribution in [0.25, 0.3) is 11.1 Å². The Morgan fingerprint density at radius 1 is 1.00 bits per heavy atom. The van der Waals surface area contributed by atoms with E-state index in [2.05, 4.69) is 15.3 Å². The third-order valence-electron chi connectivity index (χ3n) is 7.90. The van der Waals surface area contributed by atoms with Crippen LogP contribution in [0.4, 0.5) is 43.7 Å². The molecule has 2 N–H and O–H groups in total. The van der Waals surface area contributed by atoms with E-state index >= 15 is 8.78 Å². The van der Waals surface area contributed by atoms with Gasteiger partial charge < -0.3 is 29.9 Å². The molecule has 2 aliphatic heterocycles. The highest BCUT2D eigenvalue weighted by molar-refractivity contribution is 6.07. The van der Waals surface area contributed by atoms with Crippen molar-refractivity contribution in [1.29, 1.82) is 0 Å². The number of nitrogens with zero attached hydrogens (tertiary/aromatic N) is 5. The largest absolute Gasteiger partial charge is 0.483 e. The number of carbonyl (C=O) groups excluding carboxylic acids is 1. The molecule has 3 heterocycles. The topological polar surface area (TPSA) is 111 Å². The number of nitrogens with one attached hydrogen (secondary N) is 1. The molecule has 2 fully saturated rings. The van der Waals surface area contributed by atoms with Crippen LogP contribution in [0.15, 0.2) is 36.7 Å².